The predicted molar refractivity (Wildman–Crippen MR) is 20.9 cm³/mol. The Morgan fingerprint density at radius 2 is 2.00 bits per heavy atom. The maximum absolute atomic E-state index is 7.95. The van der Waals surface area contributed by atoms with Gasteiger partial charge in [0.05, 0.1) is 0 Å². The molecule has 0 amide bonds. The number of aliphatic hydroxyl groups is 1. The van der Waals surface area contributed by atoms with Crippen molar-refractivity contribution in [1.82, 2.24) is 0 Å². The van der Waals surface area contributed by atoms with Crippen LogP contribution in [0, 0.1) is 0 Å². The molecule has 0 spiro atoms. The van der Waals surface area contributed by atoms with Gasteiger partial charge in [-0.2, -0.15) is 0 Å². The summed E-state index contributed by atoms with van der Waals surface area (Å²) in [6.07, 6.45) is 0.611. The second kappa shape index (κ2) is 9.09. The van der Waals surface area contributed by atoms with Crippen molar-refractivity contribution >= 4 is 0 Å². The molecule has 0 aromatic carbocycles. The van der Waals surface area contributed by atoms with Gasteiger partial charge in [0.15, 0.2) is 0 Å². The van der Waals surface area contributed by atoms with E-state index in [-0.39, 0.29) is 25.2 Å². The summed E-state index contributed by atoms with van der Waals surface area (Å²) in [6.45, 7) is 0.500. The van der Waals surface area contributed by atoms with E-state index in [9.17, 15) is 0 Å². The fourth-order valence-electron chi connectivity index (χ4n) is 0.0791. The Balaban J connectivity index is 0. The van der Waals surface area contributed by atoms with Crippen molar-refractivity contribution in [2.24, 2.45) is 0 Å². The van der Waals surface area contributed by atoms with Crippen LogP contribution in [-0.2, 0) is 18.6 Å². The third kappa shape index (κ3) is 8.82. The Morgan fingerprint density at radius 1 is 1.50 bits per heavy atom. The van der Waals surface area contributed by atoms with Crippen LogP contribution in [0.5, 0.6) is 0 Å². The fraction of sp³-hybridized carbons (Fsp3) is 1.00. The molecule has 1 radical (unpaired) electrons. The van der Waals surface area contributed by atoms with Crippen LogP contribution in [0.1, 0.15) is 6.42 Å². The van der Waals surface area contributed by atoms with E-state index < -0.39 is 0 Å². The van der Waals surface area contributed by atoms with Gasteiger partial charge < -0.3 is 10.8 Å². The van der Waals surface area contributed by atoms with E-state index in [0.717, 1.165) is 0 Å². The van der Waals surface area contributed by atoms with E-state index in [1.165, 1.54) is 0 Å². The van der Waals surface area contributed by atoms with Crippen LogP contribution in [0.25, 0.3) is 5.73 Å². The number of hydrogen-bond donors (Lipinski definition) is 1. The quantitative estimate of drug-likeness (QED) is 0.571. The van der Waals surface area contributed by atoms with Gasteiger partial charge in [0.25, 0.3) is 0 Å². The molecule has 0 heterocycles. The second-order valence-electron chi connectivity index (χ2n) is 0.827. The molecule has 0 aliphatic rings. The number of aliphatic hydroxyl groups excluding tert-OH is 1. The Labute approximate surface area is 49.6 Å². The van der Waals surface area contributed by atoms with Gasteiger partial charge in [-0.25, -0.2) is 0 Å². The molecule has 2 nitrogen and oxygen atoms in total. The van der Waals surface area contributed by atoms with Gasteiger partial charge in [-0.3, -0.25) is 0 Å². The standard InChI is InChI=1S/C3H8NO.V/c4-2-1-3-5;/h4-5H,1-3H2;/q-1;. The van der Waals surface area contributed by atoms with E-state index in [1.54, 1.807) is 0 Å². The smallest absolute Gasteiger partial charge is 0.0414 e. The second-order valence-corrected chi connectivity index (χ2v) is 0.827. The number of hydrogen-bond acceptors (Lipinski definition) is 1. The molecule has 0 bridgehead atoms. The van der Waals surface area contributed by atoms with Crippen LogP contribution in [0.3, 0.4) is 0 Å². The molecule has 0 fully saturated rings. The van der Waals surface area contributed by atoms with Crippen LogP contribution in [-0.4, -0.2) is 18.3 Å². The SMILES string of the molecule is [NH-]CCCO.[V]. The Morgan fingerprint density at radius 3 is 2.00 bits per heavy atom. The van der Waals surface area contributed by atoms with Crippen molar-refractivity contribution in [1.29, 1.82) is 0 Å². The Kier molecular flexibility index (Phi) is 14.7. The van der Waals surface area contributed by atoms with Crippen LogP contribution < -0.4 is 0 Å². The van der Waals surface area contributed by atoms with Crippen molar-refractivity contribution in [3.8, 4) is 0 Å². The summed E-state index contributed by atoms with van der Waals surface area (Å²) >= 11 is 0. The van der Waals surface area contributed by atoms with E-state index >= 15 is 0 Å². The Bertz CT molecular complexity index is 18.3. The molecular weight excluding hydrogens is 117 g/mol. The van der Waals surface area contributed by atoms with Crippen molar-refractivity contribution in [3.63, 3.8) is 0 Å². The first-order valence-corrected chi connectivity index (χ1v) is 1.67. The van der Waals surface area contributed by atoms with E-state index in [1.807, 2.05) is 0 Å². The summed E-state index contributed by atoms with van der Waals surface area (Å²) in [5.74, 6) is 0. The predicted octanol–water partition coefficient (Wildman–Crippen LogP) is 0.419. The van der Waals surface area contributed by atoms with Gasteiger partial charge in [0, 0.05) is 25.2 Å². The molecular formula is C3H8NOV-. The van der Waals surface area contributed by atoms with E-state index in [2.05, 4.69) is 0 Å². The molecule has 0 unspecified atom stereocenters. The van der Waals surface area contributed by atoms with E-state index in [0.29, 0.717) is 13.0 Å². The summed E-state index contributed by atoms with van der Waals surface area (Å²) in [6, 6.07) is 0. The van der Waals surface area contributed by atoms with Crippen molar-refractivity contribution in [2.45, 2.75) is 6.42 Å². The molecule has 0 aliphatic carbocycles. The Hall–Kier alpha value is 0.504. The maximum Gasteiger partial charge on any atom is 0.0414 e. The third-order valence-corrected chi connectivity index (χ3v) is 0.335. The van der Waals surface area contributed by atoms with E-state index in [4.69, 9.17) is 10.8 Å². The summed E-state index contributed by atoms with van der Waals surface area (Å²) in [4.78, 5) is 0. The number of nitrogens with one attached hydrogen (secondary N) is 1. The molecule has 0 aromatic rings. The normalized spacial score (nSPS) is 7.00. The van der Waals surface area contributed by atoms with Crippen LogP contribution in [0.2, 0.25) is 0 Å². The van der Waals surface area contributed by atoms with Crippen LogP contribution >= 0.6 is 0 Å². The van der Waals surface area contributed by atoms with Crippen molar-refractivity contribution in [3.05, 3.63) is 5.73 Å². The average Bonchev–Trinajstić information content (AvgIpc) is 1.41. The van der Waals surface area contributed by atoms with Crippen molar-refractivity contribution in [2.75, 3.05) is 13.2 Å². The molecule has 0 aliphatic heterocycles. The third-order valence-electron chi connectivity index (χ3n) is 0.335. The minimum absolute atomic E-state index is 0. The van der Waals surface area contributed by atoms with Gasteiger partial charge in [0.1, 0.15) is 0 Å². The average molecular weight is 125 g/mol. The minimum atomic E-state index is 0. The monoisotopic (exact) mass is 125 g/mol. The molecule has 2 N–H and O–H groups in total. The first-order valence-electron chi connectivity index (χ1n) is 1.67. The van der Waals surface area contributed by atoms with Gasteiger partial charge in [-0.15, -0.1) is 6.54 Å². The zero-order valence-corrected chi connectivity index (χ0v) is 4.91. The van der Waals surface area contributed by atoms with Gasteiger partial charge in [-0.05, 0) is 6.42 Å². The van der Waals surface area contributed by atoms with Gasteiger partial charge >= 0.3 is 0 Å². The molecule has 0 saturated heterocycles. The zero-order valence-electron chi connectivity index (χ0n) is 3.52. The van der Waals surface area contributed by atoms with Gasteiger partial charge in [0.2, 0.25) is 0 Å². The summed E-state index contributed by atoms with van der Waals surface area (Å²) < 4.78 is 0. The summed E-state index contributed by atoms with van der Waals surface area (Å²) in [7, 11) is 0. The zero-order chi connectivity index (χ0) is 4.12. The van der Waals surface area contributed by atoms with Crippen molar-refractivity contribution < 1.29 is 23.7 Å². The first kappa shape index (κ1) is 9.71. The molecule has 0 saturated carbocycles. The van der Waals surface area contributed by atoms with Gasteiger partial charge in [-0.1, -0.05) is 0 Å². The molecule has 0 aromatic heterocycles. The molecule has 0 rings (SSSR count). The number of rotatable bonds is 2. The summed E-state index contributed by atoms with van der Waals surface area (Å²) in [5, 5.41) is 7.95. The maximum atomic E-state index is 7.95. The molecule has 0 atom stereocenters. The van der Waals surface area contributed by atoms with Crippen LogP contribution in [0.15, 0.2) is 0 Å². The molecule has 6 heavy (non-hydrogen) atoms. The first-order chi connectivity index (χ1) is 2.41. The topological polar surface area (TPSA) is 44.0 Å². The molecule has 37 valence electrons. The largest absolute Gasteiger partial charge is 0.677 e. The fourth-order valence-corrected chi connectivity index (χ4v) is 0.0791. The minimum Gasteiger partial charge on any atom is -0.677 e. The molecule has 3 heteroatoms. The van der Waals surface area contributed by atoms with Crippen LogP contribution in [0.4, 0.5) is 0 Å². The summed E-state index contributed by atoms with van der Waals surface area (Å²) in [5.41, 5.74) is 6.44.